The number of piperidine rings is 1. The fraction of sp³-hybridized carbons (Fsp3) is 0.318. The number of imide groups is 1. The molecule has 1 aromatic carbocycles. The van der Waals surface area contributed by atoms with Crippen LogP contribution in [0.4, 0.5) is 5.82 Å². The van der Waals surface area contributed by atoms with E-state index in [2.05, 4.69) is 14.9 Å². The zero-order valence-electron chi connectivity index (χ0n) is 17.2. The van der Waals surface area contributed by atoms with Crippen LogP contribution < -0.4 is 4.90 Å². The highest BCUT2D eigenvalue weighted by atomic mass is 32.1. The number of anilines is 1. The number of aryl methyl sites for hydroxylation is 2. The highest BCUT2D eigenvalue weighted by Crippen LogP contribution is 2.37. The van der Waals surface area contributed by atoms with E-state index in [0.29, 0.717) is 26.2 Å². The molecule has 0 unspecified atom stereocenters. The Bertz CT molecular complexity index is 1210. The van der Waals surface area contributed by atoms with Crippen LogP contribution in [-0.2, 0) is 4.84 Å². The summed E-state index contributed by atoms with van der Waals surface area (Å²) in [5.41, 5.74) is 1.15. The van der Waals surface area contributed by atoms with Crippen LogP contribution in [-0.4, -0.2) is 45.9 Å². The van der Waals surface area contributed by atoms with Gasteiger partial charge in [0.25, 0.3) is 11.8 Å². The number of benzene rings is 1. The first-order chi connectivity index (χ1) is 15.0. The van der Waals surface area contributed by atoms with Gasteiger partial charge in [-0.15, -0.1) is 11.3 Å². The largest absolute Gasteiger partial charge is 0.374 e. The molecule has 31 heavy (non-hydrogen) atoms. The highest BCUT2D eigenvalue weighted by Gasteiger charge is 2.39. The summed E-state index contributed by atoms with van der Waals surface area (Å²) in [4.78, 5) is 55.8. The van der Waals surface area contributed by atoms with Crippen molar-refractivity contribution >= 4 is 45.2 Å². The Kier molecular flexibility index (Phi) is 4.70. The van der Waals surface area contributed by atoms with E-state index >= 15 is 0 Å². The van der Waals surface area contributed by atoms with Gasteiger partial charge in [-0.2, -0.15) is 0 Å². The van der Waals surface area contributed by atoms with E-state index in [1.165, 1.54) is 29.9 Å². The van der Waals surface area contributed by atoms with Gasteiger partial charge < -0.3 is 9.74 Å². The molecular weight excluding hydrogens is 416 g/mol. The SMILES string of the molecule is Cc1nc(N2CCCCC2)c2c(C)c(C(=O)ON3C(=O)c4ccccc4C3=O)sc2n1. The summed E-state index contributed by atoms with van der Waals surface area (Å²) in [6.07, 6.45) is 3.40. The second-order valence-corrected chi connectivity index (χ2v) is 8.71. The summed E-state index contributed by atoms with van der Waals surface area (Å²) in [6.45, 7) is 5.48. The minimum Gasteiger partial charge on any atom is -0.356 e. The van der Waals surface area contributed by atoms with Crippen molar-refractivity contribution in [1.82, 2.24) is 15.0 Å². The number of aromatic nitrogens is 2. The van der Waals surface area contributed by atoms with Gasteiger partial charge in [-0.25, -0.2) is 14.8 Å². The molecule has 1 fully saturated rings. The van der Waals surface area contributed by atoms with Gasteiger partial charge in [-0.3, -0.25) is 9.59 Å². The summed E-state index contributed by atoms with van der Waals surface area (Å²) in [5.74, 6) is -0.572. The fourth-order valence-corrected chi connectivity index (χ4v) is 5.22. The van der Waals surface area contributed by atoms with E-state index < -0.39 is 17.8 Å². The minimum atomic E-state index is -0.753. The van der Waals surface area contributed by atoms with E-state index in [9.17, 15) is 14.4 Å². The lowest BCUT2D eigenvalue weighted by Crippen LogP contribution is -2.32. The molecule has 0 bridgehead atoms. The first-order valence-electron chi connectivity index (χ1n) is 10.2. The summed E-state index contributed by atoms with van der Waals surface area (Å²) in [6, 6.07) is 6.40. The quantitative estimate of drug-likeness (QED) is 0.579. The topological polar surface area (TPSA) is 92.7 Å². The van der Waals surface area contributed by atoms with Crippen molar-refractivity contribution in [1.29, 1.82) is 0 Å². The lowest BCUT2D eigenvalue weighted by molar-refractivity contribution is -0.0581. The maximum atomic E-state index is 13.0. The van der Waals surface area contributed by atoms with Gasteiger partial charge in [0, 0.05) is 13.1 Å². The molecule has 0 atom stereocenters. The van der Waals surface area contributed by atoms with Crippen molar-refractivity contribution in [3.05, 3.63) is 51.7 Å². The van der Waals surface area contributed by atoms with E-state index in [-0.39, 0.29) is 11.1 Å². The van der Waals surface area contributed by atoms with Crippen LogP contribution in [0.15, 0.2) is 24.3 Å². The lowest BCUT2D eigenvalue weighted by atomic mass is 10.1. The summed E-state index contributed by atoms with van der Waals surface area (Å²) >= 11 is 1.19. The molecule has 3 aromatic rings. The number of hydrogen-bond donors (Lipinski definition) is 0. The molecule has 4 heterocycles. The molecule has 1 saturated heterocycles. The maximum absolute atomic E-state index is 13.0. The monoisotopic (exact) mass is 436 g/mol. The van der Waals surface area contributed by atoms with Crippen molar-refractivity contribution < 1.29 is 19.2 Å². The third-order valence-electron chi connectivity index (χ3n) is 5.65. The zero-order valence-corrected chi connectivity index (χ0v) is 18.0. The van der Waals surface area contributed by atoms with Crippen molar-refractivity contribution in [2.24, 2.45) is 0 Å². The molecule has 2 amide bonds. The number of thiophene rings is 1. The van der Waals surface area contributed by atoms with Crippen LogP contribution >= 0.6 is 11.3 Å². The number of carbonyl (C=O) groups excluding carboxylic acids is 3. The number of nitrogens with zero attached hydrogens (tertiary/aromatic N) is 4. The van der Waals surface area contributed by atoms with Gasteiger partial charge in [-0.05, 0) is 50.8 Å². The van der Waals surface area contributed by atoms with Crippen molar-refractivity contribution in [2.75, 3.05) is 18.0 Å². The second-order valence-electron chi connectivity index (χ2n) is 7.71. The number of hydroxylamine groups is 2. The Morgan fingerprint density at radius 1 is 1.00 bits per heavy atom. The number of fused-ring (bicyclic) bond motifs is 2. The van der Waals surface area contributed by atoms with Crippen LogP contribution in [0.2, 0.25) is 0 Å². The highest BCUT2D eigenvalue weighted by molar-refractivity contribution is 7.20. The third-order valence-corrected chi connectivity index (χ3v) is 6.82. The van der Waals surface area contributed by atoms with Crippen molar-refractivity contribution in [2.45, 2.75) is 33.1 Å². The van der Waals surface area contributed by atoms with Crippen LogP contribution in [0.25, 0.3) is 10.2 Å². The van der Waals surface area contributed by atoms with Gasteiger partial charge in [0.2, 0.25) is 0 Å². The third kappa shape index (κ3) is 3.16. The van der Waals surface area contributed by atoms with Gasteiger partial charge in [-0.1, -0.05) is 17.2 Å². The number of amides is 2. The molecule has 0 saturated carbocycles. The van der Waals surface area contributed by atoms with Gasteiger partial charge >= 0.3 is 5.97 Å². The van der Waals surface area contributed by atoms with Gasteiger partial charge in [0.05, 0.1) is 16.5 Å². The van der Waals surface area contributed by atoms with E-state index in [0.717, 1.165) is 37.1 Å². The van der Waals surface area contributed by atoms with E-state index in [1.54, 1.807) is 12.1 Å². The first kappa shape index (κ1) is 19.6. The van der Waals surface area contributed by atoms with Crippen LogP contribution in [0.1, 0.15) is 61.0 Å². The molecule has 158 valence electrons. The predicted molar refractivity (Wildman–Crippen MR) is 115 cm³/mol. The Hall–Kier alpha value is -3.33. The second kappa shape index (κ2) is 7.42. The Morgan fingerprint density at radius 2 is 1.65 bits per heavy atom. The molecule has 9 heteroatoms. The normalized spacial score (nSPS) is 16.2. The summed E-state index contributed by atoms with van der Waals surface area (Å²) < 4.78 is 0. The Morgan fingerprint density at radius 3 is 2.29 bits per heavy atom. The fourth-order valence-electron chi connectivity index (χ4n) is 4.13. The smallest absolute Gasteiger partial charge is 0.356 e. The lowest BCUT2D eigenvalue weighted by Gasteiger charge is -2.28. The average molecular weight is 436 g/mol. The van der Waals surface area contributed by atoms with Crippen LogP contribution in [0.5, 0.6) is 0 Å². The van der Waals surface area contributed by atoms with E-state index in [1.807, 2.05) is 13.8 Å². The Labute approximate surface area is 182 Å². The Balaban J connectivity index is 1.50. The van der Waals surface area contributed by atoms with Gasteiger partial charge in [0.15, 0.2) is 0 Å². The van der Waals surface area contributed by atoms with Crippen molar-refractivity contribution in [3.63, 3.8) is 0 Å². The van der Waals surface area contributed by atoms with Crippen LogP contribution in [0, 0.1) is 13.8 Å². The van der Waals surface area contributed by atoms with Crippen LogP contribution in [0.3, 0.4) is 0 Å². The standard InChI is InChI=1S/C22H20N4O4S/c1-12-16-18(25-10-6-3-7-11-25)23-13(2)24-19(16)31-17(12)22(29)30-26-20(27)14-8-4-5-9-15(14)21(26)28/h4-5,8-9H,3,6-7,10-11H2,1-2H3. The molecule has 5 rings (SSSR count). The van der Waals surface area contributed by atoms with Gasteiger partial charge in [0.1, 0.15) is 21.3 Å². The zero-order chi connectivity index (χ0) is 21.7. The number of carbonyl (C=O) groups is 3. The summed E-state index contributed by atoms with van der Waals surface area (Å²) in [7, 11) is 0. The minimum absolute atomic E-state index is 0.224. The van der Waals surface area contributed by atoms with E-state index in [4.69, 9.17) is 4.84 Å². The molecule has 2 aliphatic rings. The molecular formula is C22H20N4O4S. The molecule has 2 aliphatic heterocycles. The number of hydrogen-bond acceptors (Lipinski definition) is 8. The number of rotatable bonds is 3. The first-order valence-corrected chi connectivity index (χ1v) is 11.0. The van der Waals surface area contributed by atoms with Crippen molar-refractivity contribution in [3.8, 4) is 0 Å². The maximum Gasteiger partial charge on any atom is 0.374 e. The molecule has 0 spiro atoms. The average Bonchev–Trinajstić information content (AvgIpc) is 3.23. The predicted octanol–water partition coefficient (Wildman–Crippen LogP) is 3.67. The summed E-state index contributed by atoms with van der Waals surface area (Å²) in [5, 5.41) is 1.37. The molecule has 0 N–H and O–H groups in total. The molecule has 8 nitrogen and oxygen atoms in total. The molecule has 2 aromatic heterocycles. The molecule has 0 aliphatic carbocycles. The molecule has 0 radical (unpaired) electrons.